The van der Waals surface area contributed by atoms with Crippen LogP contribution in [0.15, 0.2) is 0 Å². The van der Waals surface area contributed by atoms with Gasteiger partial charge in [-0.1, -0.05) is 15.9 Å². The fourth-order valence-electron chi connectivity index (χ4n) is 1.13. The van der Waals surface area contributed by atoms with Crippen LogP contribution < -0.4 is 10.6 Å². The Bertz CT molecular complexity index is 352. The Kier molecular flexibility index (Phi) is 7.04. The second-order valence-electron chi connectivity index (χ2n) is 5.19. The fourth-order valence-corrected chi connectivity index (χ4v) is 1.29. The lowest BCUT2D eigenvalue weighted by Crippen LogP contribution is -2.50. The number of nitrogens with one attached hydrogen (secondary N) is 2. The van der Waals surface area contributed by atoms with Crippen molar-refractivity contribution in [1.29, 1.82) is 0 Å². The van der Waals surface area contributed by atoms with E-state index in [1.165, 1.54) is 13.8 Å². The van der Waals surface area contributed by atoms with E-state index in [0.29, 0.717) is 0 Å². The minimum absolute atomic E-state index is 0.117. The maximum absolute atomic E-state index is 11.7. The molecule has 0 aliphatic rings. The molecule has 0 heterocycles. The lowest BCUT2D eigenvalue weighted by atomic mass is 10.2. The molecule has 0 aromatic heterocycles. The van der Waals surface area contributed by atoms with Gasteiger partial charge in [-0.2, -0.15) is 0 Å². The van der Waals surface area contributed by atoms with Crippen LogP contribution in [0.25, 0.3) is 0 Å². The third kappa shape index (κ3) is 7.81. The Morgan fingerprint density at radius 2 is 1.63 bits per heavy atom. The first-order chi connectivity index (χ1) is 8.56. The molecule has 0 spiro atoms. The highest BCUT2D eigenvalue weighted by molar-refractivity contribution is 9.09. The third-order valence-electron chi connectivity index (χ3n) is 2.01. The molecule has 6 nitrogen and oxygen atoms in total. The molecule has 19 heavy (non-hydrogen) atoms. The van der Waals surface area contributed by atoms with Crippen LogP contribution in [0.1, 0.15) is 34.6 Å². The van der Waals surface area contributed by atoms with E-state index in [0.717, 1.165) is 0 Å². The summed E-state index contributed by atoms with van der Waals surface area (Å²) in [6.07, 6.45) is 0. The minimum atomic E-state index is -0.768. The van der Waals surface area contributed by atoms with Crippen LogP contribution in [-0.2, 0) is 19.1 Å². The summed E-state index contributed by atoms with van der Waals surface area (Å²) in [5.41, 5.74) is -0.605. The number of esters is 1. The Balaban J connectivity index is 4.32. The molecule has 0 aromatic rings. The number of ether oxygens (including phenoxy) is 1. The number of carbonyl (C=O) groups excluding carboxylic acids is 3. The van der Waals surface area contributed by atoms with Gasteiger partial charge in [-0.3, -0.25) is 9.59 Å². The van der Waals surface area contributed by atoms with Crippen LogP contribution in [0.5, 0.6) is 0 Å². The SMILES string of the molecule is C[C@@H](NC(=O)CBr)C(=O)N[C@H](C)C(=O)OC(C)(C)C. The monoisotopic (exact) mass is 336 g/mol. The van der Waals surface area contributed by atoms with Gasteiger partial charge in [-0.05, 0) is 34.6 Å². The highest BCUT2D eigenvalue weighted by Gasteiger charge is 2.25. The van der Waals surface area contributed by atoms with Gasteiger partial charge in [-0.25, -0.2) is 4.79 Å². The van der Waals surface area contributed by atoms with Crippen LogP contribution in [-0.4, -0.2) is 40.8 Å². The zero-order valence-electron chi connectivity index (χ0n) is 11.9. The summed E-state index contributed by atoms with van der Waals surface area (Å²) in [5, 5.41) is 5.08. The van der Waals surface area contributed by atoms with Crippen molar-refractivity contribution < 1.29 is 19.1 Å². The summed E-state index contributed by atoms with van der Waals surface area (Å²) in [5.74, 6) is -1.25. The van der Waals surface area contributed by atoms with Gasteiger partial charge in [0.2, 0.25) is 11.8 Å². The zero-order valence-corrected chi connectivity index (χ0v) is 13.5. The Morgan fingerprint density at radius 3 is 2.05 bits per heavy atom. The van der Waals surface area contributed by atoms with Gasteiger partial charge >= 0.3 is 5.97 Å². The normalized spacial score (nSPS) is 14.2. The molecule has 0 fully saturated rings. The number of rotatable bonds is 5. The fraction of sp³-hybridized carbons (Fsp3) is 0.750. The summed E-state index contributed by atoms with van der Waals surface area (Å²) in [6, 6.07) is -1.48. The zero-order chi connectivity index (χ0) is 15.2. The molecule has 0 bridgehead atoms. The number of alkyl halides is 1. The van der Waals surface area contributed by atoms with E-state index in [1.54, 1.807) is 20.8 Å². The van der Waals surface area contributed by atoms with Crippen molar-refractivity contribution in [2.75, 3.05) is 5.33 Å². The van der Waals surface area contributed by atoms with E-state index in [4.69, 9.17) is 4.74 Å². The smallest absolute Gasteiger partial charge is 0.328 e. The van der Waals surface area contributed by atoms with Crippen LogP contribution in [0.3, 0.4) is 0 Å². The van der Waals surface area contributed by atoms with Crippen LogP contribution in [0, 0.1) is 0 Å². The molecule has 0 radical (unpaired) electrons. The number of amides is 2. The van der Waals surface area contributed by atoms with Crippen LogP contribution in [0.2, 0.25) is 0 Å². The summed E-state index contributed by atoms with van der Waals surface area (Å²) in [7, 11) is 0. The standard InChI is InChI=1S/C12H21BrN2O4/c1-7(14-9(16)6-13)10(17)15-8(2)11(18)19-12(3,4)5/h7-8H,6H2,1-5H3,(H,14,16)(H,15,17)/t7-,8-/m1/s1. The van der Waals surface area contributed by atoms with Gasteiger partial charge < -0.3 is 15.4 Å². The maximum atomic E-state index is 11.7. The molecule has 110 valence electrons. The highest BCUT2D eigenvalue weighted by Crippen LogP contribution is 2.08. The van der Waals surface area contributed by atoms with Crippen molar-refractivity contribution in [2.24, 2.45) is 0 Å². The van der Waals surface area contributed by atoms with Gasteiger partial charge in [-0.15, -0.1) is 0 Å². The molecule has 0 unspecified atom stereocenters. The third-order valence-corrected chi connectivity index (χ3v) is 2.52. The summed E-state index contributed by atoms with van der Waals surface area (Å²) >= 11 is 2.98. The number of halogens is 1. The molecule has 0 saturated carbocycles. The second-order valence-corrected chi connectivity index (χ2v) is 5.75. The van der Waals surface area contributed by atoms with E-state index < -0.39 is 29.6 Å². The van der Waals surface area contributed by atoms with Gasteiger partial charge in [0.25, 0.3) is 0 Å². The van der Waals surface area contributed by atoms with E-state index in [1.807, 2.05) is 0 Å². The molecule has 0 saturated heterocycles. The Morgan fingerprint density at radius 1 is 1.11 bits per heavy atom. The lowest BCUT2D eigenvalue weighted by Gasteiger charge is -2.23. The molecule has 2 N–H and O–H groups in total. The van der Waals surface area contributed by atoms with E-state index in [2.05, 4.69) is 26.6 Å². The molecule has 2 amide bonds. The Hall–Kier alpha value is -1.11. The summed E-state index contributed by atoms with van der Waals surface area (Å²) in [6.45, 7) is 8.32. The van der Waals surface area contributed by atoms with Crippen molar-refractivity contribution in [1.82, 2.24) is 10.6 Å². The Labute approximate surface area is 121 Å². The molecule has 0 aliphatic carbocycles. The summed E-state index contributed by atoms with van der Waals surface area (Å²) < 4.78 is 5.13. The predicted molar refractivity (Wildman–Crippen MR) is 74.8 cm³/mol. The van der Waals surface area contributed by atoms with Crippen LogP contribution >= 0.6 is 15.9 Å². The average Bonchev–Trinajstić information content (AvgIpc) is 2.26. The molecule has 0 rings (SSSR count). The predicted octanol–water partition coefficient (Wildman–Crippen LogP) is 0.732. The van der Waals surface area contributed by atoms with E-state index >= 15 is 0 Å². The number of carbonyl (C=O) groups is 3. The maximum Gasteiger partial charge on any atom is 0.328 e. The second kappa shape index (κ2) is 7.47. The first-order valence-electron chi connectivity index (χ1n) is 5.95. The van der Waals surface area contributed by atoms with E-state index in [-0.39, 0.29) is 11.2 Å². The van der Waals surface area contributed by atoms with Crippen molar-refractivity contribution in [3.63, 3.8) is 0 Å². The molecule has 0 aliphatic heterocycles. The minimum Gasteiger partial charge on any atom is -0.458 e. The molecule has 7 heteroatoms. The quantitative estimate of drug-likeness (QED) is 0.572. The topological polar surface area (TPSA) is 84.5 Å². The van der Waals surface area contributed by atoms with Crippen molar-refractivity contribution in [3.05, 3.63) is 0 Å². The molecular formula is C12H21BrN2O4. The molecule has 2 atom stereocenters. The first kappa shape index (κ1) is 17.9. The van der Waals surface area contributed by atoms with Crippen molar-refractivity contribution in [2.45, 2.75) is 52.3 Å². The van der Waals surface area contributed by atoms with Crippen molar-refractivity contribution in [3.8, 4) is 0 Å². The molecule has 0 aromatic carbocycles. The number of hydrogen-bond donors (Lipinski definition) is 2. The van der Waals surface area contributed by atoms with Gasteiger partial charge in [0.1, 0.15) is 17.7 Å². The summed E-state index contributed by atoms with van der Waals surface area (Å²) in [4.78, 5) is 34.5. The van der Waals surface area contributed by atoms with Gasteiger partial charge in [0.15, 0.2) is 0 Å². The largest absolute Gasteiger partial charge is 0.458 e. The van der Waals surface area contributed by atoms with Crippen molar-refractivity contribution >= 4 is 33.7 Å². The number of hydrogen-bond acceptors (Lipinski definition) is 4. The highest BCUT2D eigenvalue weighted by atomic mass is 79.9. The van der Waals surface area contributed by atoms with Gasteiger partial charge in [0, 0.05) is 0 Å². The average molecular weight is 337 g/mol. The van der Waals surface area contributed by atoms with Gasteiger partial charge in [0.05, 0.1) is 5.33 Å². The lowest BCUT2D eigenvalue weighted by molar-refractivity contribution is -0.158. The van der Waals surface area contributed by atoms with Crippen LogP contribution in [0.4, 0.5) is 0 Å². The van der Waals surface area contributed by atoms with E-state index in [9.17, 15) is 14.4 Å². The first-order valence-corrected chi connectivity index (χ1v) is 7.07. The molecular weight excluding hydrogens is 316 g/mol.